The van der Waals surface area contributed by atoms with Crippen LogP contribution in [0.25, 0.3) is 0 Å². The third-order valence-electron chi connectivity index (χ3n) is 4.53. The zero-order chi connectivity index (χ0) is 13.2. The van der Waals surface area contributed by atoms with Gasteiger partial charge in [-0.3, -0.25) is 4.79 Å². The Bertz CT molecular complexity index is 344. The van der Waals surface area contributed by atoms with E-state index in [1.807, 2.05) is 0 Å². The zero-order valence-electron chi connectivity index (χ0n) is 11.0. The van der Waals surface area contributed by atoms with Crippen molar-refractivity contribution >= 4 is 11.7 Å². The van der Waals surface area contributed by atoms with E-state index in [4.69, 9.17) is 10.9 Å². The van der Waals surface area contributed by atoms with Crippen LogP contribution in [-0.4, -0.2) is 23.0 Å². The lowest BCUT2D eigenvalue weighted by Crippen LogP contribution is -2.50. The molecule has 0 aromatic heterocycles. The fourth-order valence-electron chi connectivity index (χ4n) is 3.01. The Balaban J connectivity index is 2.04. The zero-order valence-corrected chi connectivity index (χ0v) is 11.0. The van der Waals surface area contributed by atoms with Crippen LogP contribution in [0, 0.1) is 11.3 Å². The van der Waals surface area contributed by atoms with Crippen molar-refractivity contribution < 1.29 is 10.0 Å². The molecule has 1 atom stereocenters. The number of oxime groups is 1. The number of amides is 1. The van der Waals surface area contributed by atoms with Crippen LogP contribution in [0.4, 0.5) is 0 Å². The third kappa shape index (κ3) is 2.44. The maximum Gasteiger partial charge on any atom is 0.226 e. The lowest BCUT2D eigenvalue weighted by molar-refractivity contribution is -0.131. The predicted octanol–water partition coefficient (Wildman–Crippen LogP) is 1.60. The van der Waals surface area contributed by atoms with Crippen molar-refractivity contribution in [2.24, 2.45) is 22.2 Å². The molecule has 2 aliphatic rings. The topological polar surface area (TPSA) is 87.7 Å². The standard InChI is InChI=1S/C13H23N3O2/c1-2-13(7-3-4-8-13)12(17)15-10(9-5-6-9)11(14)16-18/h9-10,18H,2-8H2,1H3,(H2,14,16)(H,15,17). The fourth-order valence-corrected chi connectivity index (χ4v) is 3.01. The lowest BCUT2D eigenvalue weighted by atomic mass is 9.82. The summed E-state index contributed by atoms with van der Waals surface area (Å²) in [5, 5.41) is 14.9. The Morgan fingerprint density at radius 3 is 2.56 bits per heavy atom. The molecule has 0 heterocycles. The maximum atomic E-state index is 12.5. The van der Waals surface area contributed by atoms with Crippen LogP contribution in [0.3, 0.4) is 0 Å². The summed E-state index contributed by atoms with van der Waals surface area (Å²) in [6, 6.07) is -0.286. The Hall–Kier alpha value is -1.26. The molecule has 102 valence electrons. The number of carbonyl (C=O) groups is 1. The molecule has 5 heteroatoms. The van der Waals surface area contributed by atoms with Gasteiger partial charge in [-0.1, -0.05) is 24.9 Å². The highest BCUT2D eigenvalue weighted by molar-refractivity contribution is 5.92. The van der Waals surface area contributed by atoms with E-state index in [0.717, 1.165) is 44.9 Å². The van der Waals surface area contributed by atoms with Gasteiger partial charge in [0, 0.05) is 5.41 Å². The fraction of sp³-hybridized carbons (Fsp3) is 0.846. The molecule has 2 rings (SSSR count). The number of amidine groups is 1. The molecule has 2 fully saturated rings. The molecule has 18 heavy (non-hydrogen) atoms. The van der Waals surface area contributed by atoms with Crippen molar-refractivity contribution in [2.75, 3.05) is 0 Å². The predicted molar refractivity (Wildman–Crippen MR) is 69.3 cm³/mol. The average Bonchev–Trinajstić information content (AvgIpc) is 3.11. The van der Waals surface area contributed by atoms with Gasteiger partial charge in [-0.25, -0.2) is 0 Å². The maximum absolute atomic E-state index is 12.5. The number of nitrogens with zero attached hydrogens (tertiary/aromatic N) is 1. The van der Waals surface area contributed by atoms with Crippen molar-refractivity contribution in [3.63, 3.8) is 0 Å². The number of rotatable bonds is 5. The van der Waals surface area contributed by atoms with Crippen molar-refractivity contribution in [2.45, 2.75) is 57.9 Å². The van der Waals surface area contributed by atoms with Gasteiger partial charge in [0.05, 0.1) is 6.04 Å². The van der Waals surface area contributed by atoms with E-state index in [1.165, 1.54) is 0 Å². The summed E-state index contributed by atoms with van der Waals surface area (Å²) >= 11 is 0. The van der Waals surface area contributed by atoms with Crippen LogP contribution in [0.15, 0.2) is 5.16 Å². The van der Waals surface area contributed by atoms with Crippen LogP contribution in [-0.2, 0) is 4.79 Å². The van der Waals surface area contributed by atoms with Gasteiger partial charge in [0.2, 0.25) is 5.91 Å². The van der Waals surface area contributed by atoms with Crippen LogP contribution in [0.1, 0.15) is 51.9 Å². The average molecular weight is 253 g/mol. The van der Waals surface area contributed by atoms with Crippen LogP contribution in [0.2, 0.25) is 0 Å². The summed E-state index contributed by atoms with van der Waals surface area (Å²) in [4.78, 5) is 12.5. The first-order valence-corrected chi connectivity index (χ1v) is 6.91. The van der Waals surface area contributed by atoms with Gasteiger partial charge >= 0.3 is 0 Å². The Kier molecular flexibility index (Phi) is 3.78. The second kappa shape index (κ2) is 5.16. The number of hydrogen-bond donors (Lipinski definition) is 3. The normalized spacial score (nSPS) is 24.8. The number of carbonyl (C=O) groups excluding carboxylic acids is 1. The minimum Gasteiger partial charge on any atom is -0.409 e. The molecule has 1 unspecified atom stereocenters. The minimum atomic E-state index is -0.286. The van der Waals surface area contributed by atoms with Crippen molar-refractivity contribution in [1.29, 1.82) is 0 Å². The van der Waals surface area contributed by atoms with Crippen molar-refractivity contribution in [1.82, 2.24) is 5.32 Å². The molecule has 0 saturated heterocycles. The van der Waals surface area contributed by atoms with Gasteiger partial charge in [0.15, 0.2) is 5.84 Å². The summed E-state index contributed by atoms with van der Waals surface area (Å²) in [5.41, 5.74) is 5.46. The Morgan fingerprint density at radius 1 is 1.50 bits per heavy atom. The molecule has 2 saturated carbocycles. The van der Waals surface area contributed by atoms with Gasteiger partial charge in [-0.15, -0.1) is 0 Å². The van der Waals surface area contributed by atoms with Crippen LogP contribution >= 0.6 is 0 Å². The van der Waals surface area contributed by atoms with E-state index in [2.05, 4.69) is 17.4 Å². The Morgan fingerprint density at radius 2 is 2.11 bits per heavy atom. The molecule has 0 aliphatic heterocycles. The molecule has 0 bridgehead atoms. The summed E-state index contributed by atoms with van der Waals surface area (Å²) in [7, 11) is 0. The molecule has 0 spiro atoms. The molecule has 2 aliphatic carbocycles. The van der Waals surface area contributed by atoms with E-state index >= 15 is 0 Å². The first-order valence-electron chi connectivity index (χ1n) is 6.91. The van der Waals surface area contributed by atoms with Gasteiger partial charge in [-0.2, -0.15) is 0 Å². The number of nitrogens with one attached hydrogen (secondary N) is 1. The summed E-state index contributed by atoms with van der Waals surface area (Å²) in [6.45, 7) is 2.07. The highest BCUT2D eigenvalue weighted by atomic mass is 16.4. The summed E-state index contributed by atoms with van der Waals surface area (Å²) in [5.74, 6) is 0.571. The molecular weight excluding hydrogens is 230 g/mol. The molecular formula is C13H23N3O2. The van der Waals surface area contributed by atoms with Crippen LogP contribution < -0.4 is 11.1 Å². The molecule has 4 N–H and O–H groups in total. The first-order chi connectivity index (χ1) is 8.63. The molecule has 0 radical (unpaired) electrons. The number of hydrogen-bond acceptors (Lipinski definition) is 3. The van der Waals surface area contributed by atoms with Crippen LogP contribution in [0.5, 0.6) is 0 Å². The largest absolute Gasteiger partial charge is 0.409 e. The molecule has 0 aromatic carbocycles. The number of nitrogens with two attached hydrogens (primary N) is 1. The van der Waals surface area contributed by atoms with E-state index in [1.54, 1.807) is 0 Å². The first kappa shape index (κ1) is 13.2. The second-order valence-corrected chi connectivity index (χ2v) is 5.65. The lowest BCUT2D eigenvalue weighted by Gasteiger charge is -2.29. The third-order valence-corrected chi connectivity index (χ3v) is 4.53. The molecule has 1 amide bonds. The summed E-state index contributed by atoms with van der Waals surface area (Å²) < 4.78 is 0. The van der Waals surface area contributed by atoms with Gasteiger partial charge in [0.1, 0.15) is 0 Å². The van der Waals surface area contributed by atoms with Gasteiger partial charge < -0.3 is 16.3 Å². The second-order valence-electron chi connectivity index (χ2n) is 5.65. The van der Waals surface area contributed by atoms with E-state index in [0.29, 0.717) is 5.92 Å². The SMILES string of the molecule is CCC1(C(=O)NC(C(N)=NO)C2CC2)CCCC1. The van der Waals surface area contributed by atoms with Crippen molar-refractivity contribution in [3.05, 3.63) is 0 Å². The highest BCUT2D eigenvalue weighted by Gasteiger charge is 2.43. The summed E-state index contributed by atoms with van der Waals surface area (Å²) in [6.07, 6.45) is 7.12. The molecule has 0 aromatic rings. The Labute approximate surface area is 108 Å². The highest BCUT2D eigenvalue weighted by Crippen LogP contribution is 2.42. The van der Waals surface area contributed by atoms with Crippen molar-refractivity contribution in [3.8, 4) is 0 Å². The smallest absolute Gasteiger partial charge is 0.226 e. The minimum absolute atomic E-state index is 0.0889. The van der Waals surface area contributed by atoms with Gasteiger partial charge in [-0.05, 0) is 38.0 Å². The molecule has 5 nitrogen and oxygen atoms in total. The van der Waals surface area contributed by atoms with E-state index < -0.39 is 0 Å². The van der Waals surface area contributed by atoms with E-state index in [-0.39, 0.29) is 23.2 Å². The van der Waals surface area contributed by atoms with E-state index in [9.17, 15) is 4.79 Å². The van der Waals surface area contributed by atoms with Gasteiger partial charge in [0.25, 0.3) is 0 Å². The quantitative estimate of drug-likeness (QED) is 0.301. The monoisotopic (exact) mass is 253 g/mol.